The van der Waals surface area contributed by atoms with Crippen molar-refractivity contribution in [2.45, 2.75) is 267 Å². The van der Waals surface area contributed by atoms with Crippen LogP contribution in [0.25, 0.3) is 0 Å². The Morgan fingerprint density at radius 3 is 1.80 bits per heavy atom. The lowest BCUT2D eigenvalue weighted by Gasteiger charge is -2.42. The highest BCUT2D eigenvalue weighted by Crippen LogP contribution is 2.46. The number of rotatable bonds is 13. The molecule has 0 radical (unpaired) electrons. The van der Waals surface area contributed by atoms with Gasteiger partial charge >= 0.3 is 12.4 Å². The van der Waals surface area contributed by atoms with Gasteiger partial charge in [0.05, 0.1) is 31.5 Å². The summed E-state index contributed by atoms with van der Waals surface area (Å²) in [4.78, 5) is 192. The fraction of sp³-hybridized carbons (Fsp3) is 0.816. The van der Waals surface area contributed by atoms with Gasteiger partial charge in [-0.05, 0) is 140 Å². The number of hydrogen-bond acceptors (Lipinski definition) is 13. The van der Waals surface area contributed by atoms with Crippen LogP contribution in [0.5, 0.6) is 0 Å². The molecule has 3 aliphatic heterocycles. The van der Waals surface area contributed by atoms with E-state index in [1.165, 1.54) is 71.1 Å². The highest BCUT2D eigenvalue weighted by atomic mass is 19.4. The van der Waals surface area contributed by atoms with E-state index >= 15 is 37.5 Å². The van der Waals surface area contributed by atoms with Crippen LogP contribution < -0.4 is 16.0 Å². The molecule has 109 heavy (non-hydrogen) atoms. The van der Waals surface area contributed by atoms with Gasteiger partial charge < -0.3 is 64.8 Å². The number of halogens is 8. The zero-order chi connectivity index (χ0) is 81.2. The number of likely N-dealkylation sites (N-methyl/N-ethyl adjacent to an activating group) is 7. The summed E-state index contributed by atoms with van der Waals surface area (Å²) < 4.78 is 121. The van der Waals surface area contributed by atoms with Crippen LogP contribution in [-0.2, 0) is 62.3 Å². The van der Waals surface area contributed by atoms with Crippen LogP contribution in [0.15, 0.2) is 11.6 Å². The molecule has 616 valence electrons. The molecule has 1 spiro atoms. The maximum Gasteiger partial charge on any atom is 0.397 e. The van der Waals surface area contributed by atoms with Gasteiger partial charge in [-0.15, -0.1) is 0 Å². The number of hydrogen-bond donors (Lipinski definition) is 3. The summed E-state index contributed by atoms with van der Waals surface area (Å²) in [6.45, 7) is 8.46. The lowest BCUT2D eigenvalue weighted by molar-refractivity contribution is -0.219. The SMILES string of the molecule is CCO[C@@H]1C[C@H]2C(=O)NC3(CCCC3)C(=O)N(C)[C@@H](C3CCCC3)C(=O)N(C)[C@H](C(=O)N(C)C)CC(=O)N(C)[C@@H](CC(C)C)C(=O)N[C@@H]([C@@H](C)CC)C(=O)N(C)CC(=O)N(C)[C@H]3CC(C)=CCN(C3=O)[C@@H](CC3CCC(C(F)(F)F)CC3)C(=O)N(C)CC(=O)N[C@@H](CCC3CC(F)C(C(F)(F)F)C(F)C3)C(=O)N2C1. The predicted molar refractivity (Wildman–Crippen MR) is 386 cm³/mol. The third-order valence-corrected chi connectivity index (χ3v) is 24.2. The van der Waals surface area contributed by atoms with Gasteiger partial charge in [0.2, 0.25) is 70.9 Å². The molecule has 25 nitrogen and oxygen atoms in total. The third-order valence-electron chi connectivity index (χ3n) is 24.2. The first kappa shape index (κ1) is 89.0. The molecule has 12 atom stereocenters. The summed E-state index contributed by atoms with van der Waals surface area (Å²) in [5.74, 6) is -17.1. The molecule has 7 aliphatic rings. The molecule has 2 unspecified atom stereocenters. The van der Waals surface area contributed by atoms with Gasteiger partial charge in [-0.2, -0.15) is 26.3 Å². The van der Waals surface area contributed by atoms with Crippen molar-refractivity contribution in [3.63, 3.8) is 0 Å². The van der Waals surface area contributed by atoms with Crippen LogP contribution in [-0.4, -0.2) is 289 Å². The zero-order valence-corrected chi connectivity index (χ0v) is 65.9. The number of amides is 12. The number of nitrogens with zero attached hydrogens (tertiary/aromatic N) is 9. The summed E-state index contributed by atoms with van der Waals surface area (Å²) in [6.07, 6.45) is -14.7. The number of ether oxygens (including phenoxy) is 1. The minimum absolute atomic E-state index is 0.0101. The highest BCUT2D eigenvalue weighted by Gasteiger charge is 2.56. The van der Waals surface area contributed by atoms with Crippen LogP contribution in [0.2, 0.25) is 0 Å². The van der Waals surface area contributed by atoms with E-state index in [4.69, 9.17) is 4.74 Å². The van der Waals surface area contributed by atoms with Gasteiger partial charge in [0.1, 0.15) is 72.1 Å². The molecule has 12 amide bonds. The normalized spacial score (nSPS) is 31.6. The van der Waals surface area contributed by atoms with Crippen molar-refractivity contribution in [2.75, 3.05) is 89.2 Å². The first-order valence-corrected chi connectivity index (χ1v) is 38.9. The van der Waals surface area contributed by atoms with Crippen LogP contribution >= 0.6 is 0 Å². The molecule has 3 N–H and O–H groups in total. The van der Waals surface area contributed by atoms with Crippen molar-refractivity contribution < 1.29 is 97.4 Å². The van der Waals surface area contributed by atoms with Crippen LogP contribution in [0.3, 0.4) is 0 Å². The molecule has 4 saturated carbocycles. The van der Waals surface area contributed by atoms with E-state index in [1.54, 1.807) is 33.8 Å². The maximum absolute atomic E-state index is 15.7. The van der Waals surface area contributed by atoms with Crippen molar-refractivity contribution >= 4 is 70.9 Å². The van der Waals surface area contributed by atoms with Crippen molar-refractivity contribution in [3.05, 3.63) is 11.6 Å². The van der Waals surface area contributed by atoms with Gasteiger partial charge in [0.25, 0.3) is 0 Å². The van der Waals surface area contributed by atoms with E-state index in [1.807, 2.05) is 13.8 Å². The quantitative estimate of drug-likeness (QED) is 0.127. The lowest BCUT2D eigenvalue weighted by Crippen LogP contribution is -2.65. The molecular formula is C76H118F8N12O13. The average molecular weight is 1560 g/mol. The van der Waals surface area contributed by atoms with E-state index in [0.29, 0.717) is 50.5 Å². The third kappa shape index (κ3) is 21.7. The second-order valence-electron chi connectivity index (χ2n) is 32.7. The van der Waals surface area contributed by atoms with Gasteiger partial charge in [-0.1, -0.05) is 71.4 Å². The van der Waals surface area contributed by atoms with Crippen molar-refractivity contribution in [3.8, 4) is 0 Å². The second kappa shape index (κ2) is 37.9. The summed E-state index contributed by atoms with van der Waals surface area (Å²) in [7, 11) is 10.9. The standard InChI is InChI=1S/C76H118F8N12O13/c1-15-45(6)63-71(106)90(10)42-61(99)92(12)56-34-44(5)29-32-95(70(56)105)58(37-46-23-26-49(27-24-46)75(79,80)81)69(104)89(9)41-59(97)85-53(28-25-47-35-51(77)62(52(78)36-47)76(82,83)84)67(102)96-40-50(109-16-2)38-55(96)66(101)87-74(30-19-20-31-74)73(108)94(14)64(48-21-17-18-22-48)72(107)93(13)57(68(103)88(7)8)39-60(98)91(11)54(33-43(3)4)65(100)86-63/h29,43,45-58,62-64H,15-28,30-42H2,1-14H3,(H,85,97)(H,86,100)(H,87,101)/t45-,46?,47?,49?,50+,51?,52?,53-,54-,55-,56-,57-,58-,62?,63-,64-/m0/s1. The number of carbonyl (C=O) groups is 12. The smallest absolute Gasteiger partial charge is 0.377 e. The minimum Gasteiger partial charge on any atom is -0.377 e. The summed E-state index contributed by atoms with van der Waals surface area (Å²) in [6, 6.07) is -11.4. The molecular weight excluding hydrogens is 1440 g/mol. The molecule has 2 bridgehead atoms. The fourth-order valence-electron chi connectivity index (χ4n) is 17.5. The first-order valence-electron chi connectivity index (χ1n) is 38.9. The summed E-state index contributed by atoms with van der Waals surface area (Å²) in [5.41, 5.74) is -1.14. The Labute approximate surface area is 635 Å². The van der Waals surface area contributed by atoms with Gasteiger partial charge in [0.15, 0.2) is 0 Å². The molecule has 7 rings (SSSR count). The zero-order valence-electron chi connectivity index (χ0n) is 65.9. The largest absolute Gasteiger partial charge is 0.397 e. The van der Waals surface area contributed by atoms with Crippen LogP contribution in [0.1, 0.15) is 183 Å². The van der Waals surface area contributed by atoms with Gasteiger partial charge in [-0.25, -0.2) is 8.78 Å². The van der Waals surface area contributed by atoms with Gasteiger partial charge in [0, 0.05) is 82.5 Å². The van der Waals surface area contributed by atoms with Crippen molar-refractivity contribution in [2.24, 2.45) is 41.4 Å². The topological polar surface area (TPSA) is 279 Å². The average Bonchev–Trinajstić information content (AvgIpc) is 1.68. The molecule has 3 heterocycles. The second-order valence-corrected chi connectivity index (χ2v) is 32.7. The Morgan fingerprint density at radius 1 is 0.633 bits per heavy atom. The fourth-order valence-corrected chi connectivity index (χ4v) is 17.5. The van der Waals surface area contributed by atoms with E-state index in [0.717, 1.165) is 29.4 Å². The Bertz CT molecular complexity index is 3280. The summed E-state index contributed by atoms with van der Waals surface area (Å²) in [5, 5.41) is 8.48. The number of alkyl halides is 8. The van der Waals surface area contributed by atoms with Crippen LogP contribution in [0, 0.1) is 41.4 Å². The Hall–Kier alpha value is -7.22. The Morgan fingerprint density at radius 2 is 1.24 bits per heavy atom. The molecule has 4 aliphatic carbocycles. The van der Waals surface area contributed by atoms with Gasteiger partial charge in [-0.3, -0.25) is 57.5 Å². The van der Waals surface area contributed by atoms with E-state index in [-0.39, 0.29) is 96.2 Å². The predicted octanol–water partition coefficient (Wildman–Crippen LogP) is 6.74. The molecule has 33 heteroatoms. The number of nitrogens with one attached hydrogen (secondary N) is 3. The highest BCUT2D eigenvalue weighted by molar-refractivity contribution is 6.01. The molecule has 2 saturated heterocycles. The molecule has 0 aromatic carbocycles. The lowest BCUT2D eigenvalue weighted by atomic mass is 9.76. The van der Waals surface area contributed by atoms with Crippen molar-refractivity contribution in [1.82, 2.24) is 60.0 Å². The van der Waals surface area contributed by atoms with Crippen molar-refractivity contribution in [1.29, 1.82) is 0 Å². The van der Waals surface area contributed by atoms with Crippen LogP contribution in [0.4, 0.5) is 35.1 Å². The van der Waals surface area contributed by atoms with E-state index < -0.39 is 230 Å². The molecule has 6 fully saturated rings. The molecule has 0 aromatic rings. The maximum atomic E-state index is 15.7. The first-order chi connectivity index (χ1) is 51.0. The Balaban J connectivity index is 1.34. The number of fused-ring (bicyclic) bond motifs is 3. The van der Waals surface area contributed by atoms with E-state index in [2.05, 4.69) is 16.0 Å². The summed E-state index contributed by atoms with van der Waals surface area (Å²) >= 11 is 0. The number of carbonyl (C=O) groups excluding carboxylic acids is 12. The monoisotopic (exact) mass is 1560 g/mol. The Kier molecular flexibility index (Phi) is 30.9. The van der Waals surface area contributed by atoms with E-state index in [9.17, 15) is 55.1 Å². The molecule has 0 aromatic heterocycles. The minimum atomic E-state index is -5.22.